The van der Waals surface area contributed by atoms with E-state index in [0.717, 1.165) is 35.5 Å². The Kier molecular flexibility index (Phi) is 4.44. The lowest BCUT2D eigenvalue weighted by atomic mass is 9.95. The largest absolute Gasteiger partial charge is 0.337 e. The molecule has 0 atom stereocenters. The maximum absolute atomic E-state index is 13.3. The number of aromatic nitrogens is 4. The van der Waals surface area contributed by atoms with Gasteiger partial charge in [0.15, 0.2) is 4.77 Å². The molecule has 1 fully saturated rings. The quantitative estimate of drug-likeness (QED) is 0.648. The second-order valence-corrected chi connectivity index (χ2v) is 6.81. The van der Waals surface area contributed by atoms with Crippen LogP contribution in [-0.2, 0) is 0 Å². The number of hydrogen-bond donors (Lipinski definition) is 1. The average molecular weight is 354 g/mol. The van der Waals surface area contributed by atoms with Gasteiger partial charge in [0.2, 0.25) is 0 Å². The molecule has 0 saturated heterocycles. The van der Waals surface area contributed by atoms with E-state index >= 15 is 0 Å². The number of rotatable bonds is 3. The van der Waals surface area contributed by atoms with Crippen LogP contribution in [0.25, 0.3) is 22.6 Å². The summed E-state index contributed by atoms with van der Waals surface area (Å²) in [7, 11) is 0. The van der Waals surface area contributed by atoms with Crippen molar-refractivity contribution in [1.29, 1.82) is 0 Å². The molecule has 25 heavy (non-hydrogen) atoms. The molecule has 1 aromatic carbocycles. The number of hydrogen-bond acceptors (Lipinski definition) is 3. The Balaban J connectivity index is 1.88. The van der Waals surface area contributed by atoms with Crippen LogP contribution >= 0.6 is 12.2 Å². The monoisotopic (exact) mass is 354 g/mol. The van der Waals surface area contributed by atoms with E-state index < -0.39 is 0 Å². The summed E-state index contributed by atoms with van der Waals surface area (Å²) in [6.45, 7) is 0. The molecule has 0 unspecified atom stereocenters. The SMILES string of the molecule is Fc1ccc(-c2ncn(C3CCCCC3)c2-c2cc[nH]c(=S)n2)cc1. The zero-order valence-corrected chi connectivity index (χ0v) is 14.6. The Morgan fingerprint density at radius 3 is 2.56 bits per heavy atom. The fourth-order valence-corrected chi connectivity index (χ4v) is 3.74. The van der Waals surface area contributed by atoms with E-state index in [1.54, 1.807) is 18.3 Å². The van der Waals surface area contributed by atoms with Gasteiger partial charge in [-0.1, -0.05) is 19.3 Å². The third kappa shape index (κ3) is 3.26. The van der Waals surface area contributed by atoms with E-state index in [4.69, 9.17) is 12.2 Å². The molecule has 0 amide bonds. The van der Waals surface area contributed by atoms with Crippen LogP contribution in [0, 0.1) is 10.6 Å². The first-order valence-electron chi connectivity index (χ1n) is 8.61. The fraction of sp³-hybridized carbons (Fsp3) is 0.316. The van der Waals surface area contributed by atoms with Crippen molar-refractivity contribution in [2.75, 3.05) is 0 Å². The van der Waals surface area contributed by atoms with E-state index in [9.17, 15) is 4.39 Å². The van der Waals surface area contributed by atoms with Crippen molar-refractivity contribution in [3.63, 3.8) is 0 Å². The normalized spacial score (nSPS) is 15.4. The fourth-order valence-electron chi connectivity index (χ4n) is 3.57. The summed E-state index contributed by atoms with van der Waals surface area (Å²) in [5.74, 6) is -0.253. The minimum Gasteiger partial charge on any atom is -0.337 e. The molecule has 2 heterocycles. The first-order chi connectivity index (χ1) is 12.2. The number of H-pyrrole nitrogens is 1. The zero-order chi connectivity index (χ0) is 17.2. The van der Waals surface area contributed by atoms with Gasteiger partial charge in [-0.15, -0.1) is 0 Å². The molecule has 1 aliphatic carbocycles. The maximum Gasteiger partial charge on any atom is 0.197 e. The van der Waals surface area contributed by atoms with Crippen LogP contribution in [0.4, 0.5) is 4.39 Å². The first kappa shape index (κ1) is 16.1. The molecule has 1 aliphatic rings. The molecule has 1 saturated carbocycles. The molecule has 3 aromatic rings. The molecule has 128 valence electrons. The standard InChI is InChI=1S/C19H19FN4S/c20-14-8-6-13(7-9-14)17-18(16-10-11-21-19(25)23-16)24(12-22-17)15-4-2-1-3-5-15/h6-12,15H,1-5H2,(H,21,23,25). The molecule has 4 rings (SSSR count). The van der Waals surface area contributed by atoms with E-state index in [1.807, 2.05) is 12.4 Å². The molecule has 1 N–H and O–H groups in total. The van der Waals surface area contributed by atoms with Crippen LogP contribution in [0.2, 0.25) is 0 Å². The van der Waals surface area contributed by atoms with Gasteiger partial charge in [0, 0.05) is 17.8 Å². The summed E-state index contributed by atoms with van der Waals surface area (Å²) in [6.07, 6.45) is 9.74. The van der Waals surface area contributed by atoms with E-state index in [2.05, 4.69) is 19.5 Å². The highest BCUT2D eigenvalue weighted by molar-refractivity contribution is 7.71. The van der Waals surface area contributed by atoms with Crippen LogP contribution in [0.3, 0.4) is 0 Å². The van der Waals surface area contributed by atoms with Gasteiger partial charge in [0.05, 0.1) is 23.4 Å². The van der Waals surface area contributed by atoms with Gasteiger partial charge in [-0.05, 0) is 55.4 Å². The smallest absolute Gasteiger partial charge is 0.197 e. The Labute approximate surface area is 150 Å². The highest BCUT2D eigenvalue weighted by Gasteiger charge is 2.23. The Morgan fingerprint density at radius 2 is 1.84 bits per heavy atom. The van der Waals surface area contributed by atoms with E-state index in [-0.39, 0.29) is 5.82 Å². The van der Waals surface area contributed by atoms with Crippen LogP contribution in [-0.4, -0.2) is 19.5 Å². The van der Waals surface area contributed by atoms with Crippen LogP contribution in [0.1, 0.15) is 38.1 Å². The minimum absolute atomic E-state index is 0.253. The highest BCUT2D eigenvalue weighted by atomic mass is 32.1. The summed E-state index contributed by atoms with van der Waals surface area (Å²) in [6, 6.07) is 8.78. The molecular weight excluding hydrogens is 335 g/mol. The average Bonchev–Trinajstić information content (AvgIpc) is 3.08. The zero-order valence-electron chi connectivity index (χ0n) is 13.8. The van der Waals surface area contributed by atoms with Crippen LogP contribution in [0.5, 0.6) is 0 Å². The van der Waals surface area contributed by atoms with Gasteiger partial charge in [-0.2, -0.15) is 0 Å². The van der Waals surface area contributed by atoms with Crippen molar-refractivity contribution in [3.8, 4) is 22.6 Å². The Morgan fingerprint density at radius 1 is 1.08 bits per heavy atom. The lowest BCUT2D eigenvalue weighted by molar-refractivity contribution is 0.355. The third-order valence-corrected chi connectivity index (χ3v) is 5.00. The summed E-state index contributed by atoms with van der Waals surface area (Å²) < 4.78 is 16.0. The molecular formula is C19H19FN4S. The van der Waals surface area contributed by atoms with Gasteiger partial charge in [0.25, 0.3) is 0 Å². The first-order valence-corrected chi connectivity index (χ1v) is 9.02. The molecule has 0 spiro atoms. The van der Waals surface area contributed by atoms with Crippen molar-refractivity contribution < 1.29 is 4.39 Å². The summed E-state index contributed by atoms with van der Waals surface area (Å²) >= 11 is 5.20. The number of benzene rings is 1. The highest BCUT2D eigenvalue weighted by Crippen LogP contribution is 2.36. The van der Waals surface area contributed by atoms with E-state index in [1.165, 1.54) is 31.4 Å². The number of aromatic amines is 1. The number of nitrogens with one attached hydrogen (secondary N) is 1. The molecule has 0 aliphatic heterocycles. The summed E-state index contributed by atoms with van der Waals surface area (Å²) in [4.78, 5) is 12.1. The number of imidazole rings is 1. The lowest BCUT2D eigenvalue weighted by Gasteiger charge is -2.25. The van der Waals surface area contributed by atoms with Gasteiger partial charge >= 0.3 is 0 Å². The number of halogens is 1. The van der Waals surface area contributed by atoms with Crippen molar-refractivity contribution in [3.05, 3.63) is 53.4 Å². The molecule has 2 aromatic heterocycles. The van der Waals surface area contributed by atoms with Gasteiger partial charge in [0.1, 0.15) is 5.82 Å². The third-order valence-electron chi connectivity index (χ3n) is 4.79. The lowest BCUT2D eigenvalue weighted by Crippen LogP contribution is -2.13. The molecule has 6 heteroatoms. The van der Waals surface area contributed by atoms with Crippen molar-refractivity contribution in [1.82, 2.24) is 19.5 Å². The number of nitrogens with zero attached hydrogens (tertiary/aromatic N) is 3. The van der Waals surface area contributed by atoms with Gasteiger partial charge in [-0.25, -0.2) is 14.4 Å². The predicted octanol–water partition coefficient (Wildman–Crippen LogP) is 5.31. The topological polar surface area (TPSA) is 46.5 Å². The van der Waals surface area contributed by atoms with Gasteiger partial charge < -0.3 is 9.55 Å². The molecule has 4 nitrogen and oxygen atoms in total. The summed E-state index contributed by atoms with van der Waals surface area (Å²) in [5.41, 5.74) is 3.45. The Bertz CT molecular complexity index is 923. The maximum atomic E-state index is 13.3. The predicted molar refractivity (Wildman–Crippen MR) is 98.2 cm³/mol. The van der Waals surface area contributed by atoms with Crippen molar-refractivity contribution in [2.24, 2.45) is 0 Å². The van der Waals surface area contributed by atoms with Crippen LogP contribution in [0.15, 0.2) is 42.9 Å². The van der Waals surface area contributed by atoms with Gasteiger partial charge in [-0.3, -0.25) is 0 Å². The van der Waals surface area contributed by atoms with Crippen molar-refractivity contribution >= 4 is 12.2 Å². The second kappa shape index (κ2) is 6.88. The Hall–Kier alpha value is -2.34. The molecule has 0 bridgehead atoms. The second-order valence-electron chi connectivity index (χ2n) is 6.43. The van der Waals surface area contributed by atoms with Crippen molar-refractivity contribution in [2.45, 2.75) is 38.1 Å². The molecule has 0 radical (unpaired) electrons. The summed E-state index contributed by atoms with van der Waals surface area (Å²) in [5, 5.41) is 0. The minimum atomic E-state index is -0.253. The van der Waals surface area contributed by atoms with E-state index in [0.29, 0.717) is 10.8 Å². The van der Waals surface area contributed by atoms with Crippen LogP contribution < -0.4 is 0 Å².